The highest BCUT2D eigenvalue weighted by Crippen LogP contribution is 2.37. The Labute approximate surface area is 133 Å². The van der Waals surface area contributed by atoms with Gasteiger partial charge >= 0.3 is 0 Å². The highest BCUT2D eigenvalue weighted by Gasteiger charge is 2.29. The molecule has 106 valence electrons. The number of thiophene rings is 1. The predicted octanol–water partition coefficient (Wildman–Crippen LogP) is 5.11. The van der Waals surface area contributed by atoms with E-state index in [0.29, 0.717) is 6.04 Å². The van der Waals surface area contributed by atoms with E-state index in [1.165, 1.54) is 33.3 Å². The number of hydrogen-bond acceptors (Lipinski definition) is 2. The largest absolute Gasteiger partial charge is 0.309 e. The van der Waals surface area contributed by atoms with Crippen molar-refractivity contribution in [2.24, 2.45) is 0 Å². The Balaban J connectivity index is 1.48. The van der Waals surface area contributed by atoms with Crippen LogP contribution in [0, 0.1) is 0 Å². The van der Waals surface area contributed by atoms with Crippen molar-refractivity contribution < 1.29 is 0 Å². The van der Waals surface area contributed by atoms with Crippen LogP contribution in [0.25, 0.3) is 0 Å². The Morgan fingerprint density at radius 3 is 2.65 bits per heavy atom. The molecule has 0 radical (unpaired) electrons. The maximum Gasteiger partial charge on any atom is 0.0305 e. The zero-order valence-electron chi connectivity index (χ0n) is 11.7. The molecule has 3 rings (SSSR count). The van der Waals surface area contributed by atoms with Gasteiger partial charge < -0.3 is 5.32 Å². The highest BCUT2D eigenvalue weighted by atomic mass is 79.9. The summed E-state index contributed by atoms with van der Waals surface area (Å²) in [7, 11) is 0. The molecule has 1 aromatic heterocycles. The van der Waals surface area contributed by atoms with E-state index < -0.39 is 0 Å². The van der Waals surface area contributed by atoms with Crippen molar-refractivity contribution >= 4 is 27.3 Å². The minimum Gasteiger partial charge on any atom is -0.309 e. The minimum absolute atomic E-state index is 0.690. The van der Waals surface area contributed by atoms with Crippen LogP contribution in [0.15, 0.2) is 40.2 Å². The van der Waals surface area contributed by atoms with Gasteiger partial charge in [0.05, 0.1) is 0 Å². The lowest BCUT2D eigenvalue weighted by molar-refractivity contribution is 0.290. The first-order valence-electron chi connectivity index (χ1n) is 7.30. The smallest absolute Gasteiger partial charge is 0.0305 e. The number of halogens is 1. The van der Waals surface area contributed by atoms with E-state index in [4.69, 9.17) is 0 Å². The van der Waals surface area contributed by atoms with Crippen LogP contribution in [0.5, 0.6) is 0 Å². The molecule has 0 atom stereocenters. The third-order valence-corrected chi connectivity index (χ3v) is 5.74. The molecule has 1 aliphatic carbocycles. The Morgan fingerprint density at radius 1 is 1.20 bits per heavy atom. The van der Waals surface area contributed by atoms with Gasteiger partial charge in [0.1, 0.15) is 0 Å². The first-order chi connectivity index (χ1) is 9.76. The summed E-state index contributed by atoms with van der Waals surface area (Å²) < 4.78 is 1.17. The fraction of sp³-hybridized carbons (Fsp3) is 0.412. The van der Waals surface area contributed by atoms with E-state index in [0.717, 1.165) is 18.9 Å². The van der Waals surface area contributed by atoms with Crippen LogP contribution in [-0.4, -0.2) is 6.04 Å². The molecule has 0 aliphatic heterocycles. The molecule has 0 spiro atoms. The van der Waals surface area contributed by atoms with Gasteiger partial charge in [0.2, 0.25) is 0 Å². The summed E-state index contributed by atoms with van der Waals surface area (Å²) in [4.78, 5) is 1.51. The Kier molecular flexibility index (Phi) is 4.59. The average Bonchev–Trinajstić information content (AvgIpc) is 2.86. The number of hydrogen-bond donors (Lipinski definition) is 1. The second-order valence-electron chi connectivity index (χ2n) is 5.52. The standard InChI is InChI=1S/C17H20BrNS/c1-2-12-7-8-20-17(12)11-19-16-9-14(10-16)13-3-5-15(18)6-4-13/h3-8,14,16,19H,2,9-11H2,1H3. The van der Waals surface area contributed by atoms with Crippen LogP contribution in [0.3, 0.4) is 0 Å². The molecule has 1 aromatic carbocycles. The quantitative estimate of drug-likeness (QED) is 0.790. The molecule has 1 heterocycles. The number of benzene rings is 1. The molecule has 1 nitrogen and oxygen atoms in total. The van der Waals surface area contributed by atoms with Crippen molar-refractivity contribution in [1.82, 2.24) is 5.32 Å². The Morgan fingerprint density at radius 2 is 1.95 bits per heavy atom. The lowest BCUT2D eigenvalue weighted by Gasteiger charge is -2.36. The topological polar surface area (TPSA) is 12.0 Å². The molecular weight excluding hydrogens is 330 g/mol. The Bertz CT molecular complexity index is 555. The van der Waals surface area contributed by atoms with Crippen LogP contribution in [0.1, 0.15) is 41.7 Å². The van der Waals surface area contributed by atoms with Gasteiger partial charge in [0, 0.05) is 21.9 Å². The first-order valence-corrected chi connectivity index (χ1v) is 8.97. The molecule has 1 N–H and O–H groups in total. The lowest BCUT2D eigenvalue weighted by atomic mass is 9.76. The van der Waals surface area contributed by atoms with Gasteiger partial charge in [-0.15, -0.1) is 11.3 Å². The van der Waals surface area contributed by atoms with Crippen molar-refractivity contribution in [2.45, 2.75) is 44.7 Å². The van der Waals surface area contributed by atoms with Crippen LogP contribution >= 0.6 is 27.3 Å². The summed E-state index contributed by atoms with van der Waals surface area (Å²) in [5.41, 5.74) is 2.99. The van der Waals surface area contributed by atoms with Crippen molar-refractivity contribution in [3.8, 4) is 0 Å². The number of rotatable bonds is 5. The number of nitrogens with one attached hydrogen (secondary N) is 1. The van der Waals surface area contributed by atoms with Gasteiger partial charge in [-0.2, -0.15) is 0 Å². The van der Waals surface area contributed by atoms with Gasteiger partial charge in [0.25, 0.3) is 0 Å². The fourth-order valence-corrected chi connectivity index (χ4v) is 4.06. The summed E-state index contributed by atoms with van der Waals surface area (Å²) in [6.45, 7) is 3.27. The van der Waals surface area contributed by atoms with E-state index >= 15 is 0 Å². The summed E-state index contributed by atoms with van der Waals surface area (Å²) in [5.74, 6) is 0.745. The van der Waals surface area contributed by atoms with E-state index in [9.17, 15) is 0 Å². The zero-order chi connectivity index (χ0) is 13.9. The van der Waals surface area contributed by atoms with Gasteiger partial charge in [-0.1, -0.05) is 35.0 Å². The van der Waals surface area contributed by atoms with Crippen LogP contribution in [0.2, 0.25) is 0 Å². The van der Waals surface area contributed by atoms with Crippen LogP contribution in [-0.2, 0) is 13.0 Å². The summed E-state index contributed by atoms with van der Waals surface area (Å²) in [6, 6.07) is 11.7. The predicted molar refractivity (Wildman–Crippen MR) is 90.4 cm³/mol. The molecule has 1 fully saturated rings. The molecule has 0 bridgehead atoms. The van der Waals surface area contributed by atoms with E-state index in [1.54, 1.807) is 0 Å². The fourth-order valence-electron chi connectivity index (χ4n) is 2.87. The van der Waals surface area contributed by atoms with Crippen molar-refractivity contribution in [2.75, 3.05) is 0 Å². The van der Waals surface area contributed by atoms with E-state index in [-0.39, 0.29) is 0 Å². The van der Waals surface area contributed by atoms with Crippen molar-refractivity contribution in [3.05, 3.63) is 56.2 Å². The second kappa shape index (κ2) is 6.42. The third-order valence-electron chi connectivity index (χ3n) is 4.25. The average molecular weight is 350 g/mol. The molecule has 1 aliphatic rings. The van der Waals surface area contributed by atoms with Crippen LogP contribution < -0.4 is 5.32 Å². The minimum atomic E-state index is 0.690. The van der Waals surface area contributed by atoms with E-state index in [2.05, 4.69) is 63.9 Å². The second-order valence-corrected chi connectivity index (χ2v) is 7.44. The SMILES string of the molecule is CCc1ccsc1CNC1CC(c2ccc(Br)cc2)C1. The number of aryl methyl sites for hydroxylation is 1. The lowest BCUT2D eigenvalue weighted by Crippen LogP contribution is -2.39. The van der Waals surface area contributed by atoms with Crippen LogP contribution in [0.4, 0.5) is 0 Å². The zero-order valence-corrected chi connectivity index (χ0v) is 14.1. The third kappa shape index (κ3) is 3.16. The van der Waals surface area contributed by atoms with E-state index in [1.807, 2.05) is 11.3 Å². The first kappa shape index (κ1) is 14.3. The summed E-state index contributed by atoms with van der Waals surface area (Å²) in [6.07, 6.45) is 3.69. The maximum atomic E-state index is 3.71. The molecule has 0 unspecified atom stereocenters. The molecule has 1 saturated carbocycles. The molecule has 0 amide bonds. The summed E-state index contributed by atoms with van der Waals surface area (Å²) >= 11 is 5.38. The molecule has 3 heteroatoms. The molecule has 2 aromatic rings. The van der Waals surface area contributed by atoms with Crippen molar-refractivity contribution in [3.63, 3.8) is 0 Å². The van der Waals surface area contributed by atoms with Gasteiger partial charge in [0.15, 0.2) is 0 Å². The van der Waals surface area contributed by atoms with Gasteiger partial charge in [-0.25, -0.2) is 0 Å². The Hall–Kier alpha value is -0.640. The monoisotopic (exact) mass is 349 g/mol. The maximum absolute atomic E-state index is 3.71. The van der Waals surface area contributed by atoms with Gasteiger partial charge in [-0.05, 0) is 59.9 Å². The molecule has 0 saturated heterocycles. The molecule has 20 heavy (non-hydrogen) atoms. The van der Waals surface area contributed by atoms with Gasteiger partial charge in [-0.3, -0.25) is 0 Å². The van der Waals surface area contributed by atoms with Crippen molar-refractivity contribution in [1.29, 1.82) is 0 Å². The highest BCUT2D eigenvalue weighted by molar-refractivity contribution is 9.10. The molecular formula is C17H20BrNS. The summed E-state index contributed by atoms with van der Waals surface area (Å²) in [5, 5.41) is 5.92. The normalized spacial score (nSPS) is 21.7.